The van der Waals surface area contributed by atoms with E-state index in [0.29, 0.717) is 23.7 Å². The van der Waals surface area contributed by atoms with Crippen LogP contribution >= 0.6 is 0 Å². The van der Waals surface area contributed by atoms with Gasteiger partial charge in [-0.15, -0.1) is 0 Å². The predicted molar refractivity (Wildman–Crippen MR) is 68.2 cm³/mol. The Balaban J connectivity index is 2.18. The lowest BCUT2D eigenvalue weighted by molar-refractivity contribution is 0.372. The third-order valence-electron chi connectivity index (χ3n) is 2.69. The first-order valence-corrected chi connectivity index (χ1v) is 6.02. The maximum atomic E-state index is 13.3. The molecule has 0 bridgehead atoms. The van der Waals surface area contributed by atoms with E-state index >= 15 is 0 Å². The lowest BCUT2D eigenvalue weighted by Gasteiger charge is -2.02. The van der Waals surface area contributed by atoms with Crippen molar-refractivity contribution < 1.29 is 13.7 Å². The summed E-state index contributed by atoms with van der Waals surface area (Å²) in [6.07, 6.45) is 1.40. The van der Waals surface area contributed by atoms with E-state index in [1.54, 1.807) is 6.07 Å². The number of benzene rings is 1. The summed E-state index contributed by atoms with van der Waals surface area (Å²) in [6.45, 7) is 1.92. The summed E-state index contributed by atoms with van der Waals surface area (Å²) in [7, 11) is 1.41. The van der Waals surface area contributed by atoms with E-state index in [-0.39, 0.29) is 11.8 Å². The van der Waals surface area contributed by atoms with Crippen molar-refractivity contribution in [2.45, 2.75) is 25.8 Å². The van der Waals surface area contributed by atoms with E-state index in [1.807, 2.05) is 6.92 Å². The second-order valence-electron chi connectivity index (χ2n) is 4.38. The fraction of sp³-hybridized carbons (Fsp3) is 0.385. The highest BCUT2D eigenvalue weighted by Gasteiger charge is 2.11. The molecular weight excluding hydrogens is 249 g/mol. The zero-order chi connectivity index (χ0) is 13.8. The average Bonchev–Trinajstić information content (AvgIpc) is 2.86. The molecule has 0 aliphatic rings. The van der Waals surface area contributed by atoms with Gasteiger partial charge in [-0.1, -0.05) is 5.16 Å². The van der Waals surface area contributed by atoms with Crippen molar-refractivity contribution >= 4 is 0 Å². The summed E-state index contributed by atoms with van der Waals surface area (Å²) in [5, 5.41) is 3.86. The van der Waals surface area contributed by atoms with Gasteiger partial charge in [-0.05, 0) is 31.5 Å². The number of halogens is 1. The molecule has 1 atom stereocenters. The maximum absolute atomic E-state index is 13.3. The SMILES string of the molecule is COc1cc(-c2noc(CCC(C)N)n2)ccc1F. The molecule has 0 aliphatic heterocycles. The molecule has 0 amide bonds. The normalized spacial score (nSPS) is 12.4. The van der Waals surface area contributed by atoms with Crippen molar-refractivity contribution in [2.75, 3.05) is 7.11 Å². The zero-order valence-corrected chi connectivity index (χ0v) is 10.9. The van der Waals surface area contributed by atoms with Crippen LogP contribution < -0.4 is 10.5 Å². The second-order valence-corrected chi connectivity index (χ2v) is 4.38. The molecule has 0 spiro atoms. The molecular formula is C13H16FN3O2. The van der Waals surface area contributed by atoms with Crippen LogP contribution in [0.15, 0.2) is 22.7 Å². The first-order valence-electron chi connectivity index (χ1n) is 6.02. The van der Waals surface area contributed by atoms with Gasteiger partial charge in [0.2, 0.25) is 11.7 Å². The smallest absolute Gasteiger partial charge is 0.227 e. The first-order chi connectivity index (χ1) is 9.10. The predicted octanol–water partition coefficient (Wildman–Crippen LogP) is 2.16. The van der Waals surface area contributed by atoms with Crippen LogP contribution in [0.1, 0.15) is 19.2 Å². The molecule has 6 heteroatoms. The Morgan fingerprint density at radius 3 is 2.95 bits per heavy atom. The molecule has 2 aromatic rings. The molecule has 1 unspecified atom stereocenters. The molecule has 2 rings (SSSR count). The number of hydrogen-bond donors (Lipinski definition) is 1. The lowest BCUT2D eigenvalue weighted by atomic mass is 10.2. The van der Waals surface area contributed by atoms with Crippen LogP contribution in [0.3, 0.4) is 0 Å². The van der Waals surface area contributed by atoms with Crippen LogP contribution in [0.2, 0.25) is 0 Å². The Kier molecular flexibility index (Phi) is 4.11. The van der Waals surface area contributed by atoms with E-state index in [1.165, 1.54) is 19.2 Å². The van der Waals surface area contributed by atoms with Gasteiger partial charge >= 0.3 is 0 Å². The van der Waals surface area contributed by atoms with Crippen LogP contribution in [0.4, 0.5) is 4.39 Å². The summed E-state index contributed by atoms with van der Waals surface area (Å²) in [4.78, 5) is 4.25. The van der Waals surface area contributed by atoms with Gasteiger partial charge < -0.3 is 15.0 Å². The summed E-state index contributed by atoms with van der Waals surface area (Å²) in [5.41, 5.74) is 6.31. The molecule has 5 nitrogen and oxygen atoms in total. The molecule has 0 aliphatic carbocycles. The van der Waals surface area contributed by atoms with Gasteiger partial charge in [0.1, 0.15) is 0 Å². The number of hydrogen-bond acceptors (Lipinski definition) is 5. The zero-order valence-electron chi connectivity index (χ0n) is 10.9. The van der Waals surface area contributed by atoms with Crippen molar-refractivity contribution in [3.05, 3.63) is 29.9 Å². The largest absolute Gasteiger partial charge is 0.494 e. The van der Waals surface area contributed by atoms with E-state index in [0.717, 1.165) is 6.42 Å². The van der Waals surface area contributed by atoms with Crippen molar-refractivity contribution in [2.24, 2.45) is 5.73 Å². The molecule has 1 aromatic heterocycles. The van der Waals surface area contributed by atoms with Crippen LogP contribution in [-0.2, 0) is 6.42 Å². The number of aromatic nitrogens is 2. The minimum absolute atomic E-state index is 0.0845. The van der Waals surface area contributed by atoms with Gasteiger partial charge in [0.05, 0.1) is 7.11 Å². The van der Waals surface area contributed by atoms with Crippen molar-refractivity contribution in [1.82, 2.24) is 10.1 Å². The van der Waals surface area contributed by atoms with Crippen molar-refractivity contribution in [1.29, 1.82) is 0 Å². The van der Waals surface area contributed by atoms with E-state index in [9.17, 15) is 4.39 Å². The molecule has 1 aromatic carbocycles. The standard InChI is InChI=1S/C13H16FN3O2/c1-8(15)3-6-12-16-13(17-19-12)9-4-5-10(14)11(7-9)18-2/h4-5,7-8H,3,6,15H2,1-2H3. The number of aryl methyl sites for hydroxylation is 1. The van der Waals surface area contributed by atoms with Gasteiger partial charge in [-0.2, -0.15) is 4.98 Å². The minimum Gasteiger partial charge on any atom is -0.494 e. The second kappa shape index (κ2) is 5.79. The van der Waals surface area contributed by atoms with Gasteiger partial charge in [0.25, 0.3) is 0 Å². The molecule has 1 heterocycles. The molecule has 0 fully saturated rings. The third-order valence-corrected chi connectivity index (χ3v) is 2.69. The summed E-state index contributed by atoms with van der Waals surface area (Å²) < 4.78 is 23.3. The van der Waals surface area contributed by atoms with E-state index in [4.69, 9.17) is 15.0 Å². The summed E-state index contributed by atoms with van der Waals surface area (Å²) >= 11 is 0. The lowest BCUT2D eigenvalue weighted by Crippen LogP contribution is -2.15. The highest BCUT2D eigenvalue weighted by molar-refractivity contribution is 5.57. The quantitative estimate of drug-likeness (QED) is 0.896. The number of nitrogens with zero attached hydrogens (tertiary/aromatic N) is 2. The monoisotopic (exact) mass is 265 g/mol. The summed E-state index contributed by atoms with van der Waals surface area (Å²) in [5.74, 6) is 0.667. The maximum Gasteiger partial charge on any atom is 0.227 e. The summed E-state index contributed by atoms with van der Waals surface area (Å²) in [6, 6.07) is 4.51. The molecule has 0 saturated carbocycles. The topological polar surface area (TPSA) is 74.2 Å². The van der Waals surface area contributed by atoms with Crippen LogP contribution in [0, 0.1) is 5.82 Å². The van der Waals surface area contributed by atoms with Crippen molar-refractivity contribution in [3.8, 4) is 17.1 Å². The Hall–Kier alpha value is -1.95. The van der Waals surface area contributed by atoms with Crippen LogP contribution in [0.25, 0.3) is 11.4 Å². The Bertz CT molecular complexity index is 555. The Morgan fingerprint density at radius 2 is 2.26 bits per heavy atom. The van der Waals surface area contributed by atoms with Gasteiger partial charge in [0, 0.05) is 18.0 Å². The van der Waals surface area contributed by atoms with E-state index < -0.39 is 5.82 Å². The minimum atomic E-state index is -0.424. The highest BCUT2D eigenvalue weighted by atomic mass is 19.1. The van der Waals surface area contributed by atoms with Crippen LogP contribution in [-0.4, -0.2) is 23.3 Å². The number of nitrogens with two attached hydrogens (primary N) is 1. The number of methoxy groups -OCH3 is 1. The first kappa shape index (κ1) is 13.5. The number of rotatable bonds is 5. The molecule has 102 valence electrons. The third kappa shape index (κ3) is 3.29. The molecule has 0 radical (unpaired) electrons. The molecule has 0 saturated heterocycles. The Morgan fingerprint density at radius 1 is 1.47 bits per heavy atom. The van der Waals surface area contributed by atoms with Gasteiger partial charge in [-0.25, -0.2) is 4.39 Å². The fourth-order valence-electron chi connectivity index (χ4n) is 1.62. The molecule has 19 heavy (non-hydrogen) atoms. The average molecular weight is 265 g/mol. The number of ether oxygens (including phenoxy) is 1. The highest BCUT2D eigenvalue weighted by Crippen LogP contribution is 2.24. The fourth-order valence-corrected chi connectivity index (χ4v) is 1.62. The van der Waals surface area contributed by atoms with Gasteiger partial charge in [-0.3, -0.25) is 0 Å². The van der Waals surface area contributed by atoms with E-state index in [2.05, 4.69) is 10.1 Å². The van der Waals surface area contributed by atoms with Crippen molar-refractivity contribution in [3.63, 3.8) is 0 Å². The Labute approximate surface area is 110 Å². The van der Waals surface area contributed by atoms with Crippen LogP contribution in [0.5, 0.6) is 5.75 Å². The van der Waals surface area contributed by atoms with Gasteiger partial charge in [0.15, 0.2) is 11.6 Å². The molecule has 2 N–H and O–H groups in total.